The van der Waals surface area contributed by atoms with Crippen LogP contribution in [0, 0.1) is 16.7 Å². The number of methoxy groups -OCH3 is 1. The maximum atomic E-state index is 11.3. The second-order valence-electron chi connectivity index (χ2n) is 3.28. The summed E-state index contributed by atoms with van der Waals surface area (Å²) in [7, 11) is 1.26. The average molecular weight is 280 g/mol. The fourth-order valence-corrected chi connectivity index (χ4v) is 1.33. The van der Waals surface area contributed by atoms with Crippen molar-refractivity contribution in [2.75, 3.05) is 12.5 Å². The highest BCUT2D eigenvalue weighted by atomic mass is 35.5. The third kappa shape index (κ3) is 3.69. The van der Waals surface area contributed by atoms with E-state index in [1.165, 1.54) is 25.3 Å². The van der Waals surface area contributed by atoms with Gasteiger partial charge in [0.15, 0.2) is 5.84 Å². The maximum absolute atomic E-state index is 11.3. The summed E-state index contributed by atoms with van der Waals surface area (Å²) < 4.78 is 4.54. The Hall–Kier alpha value is -2.59. The predicted octanol–water partition coefficient (Wildman–Crippen LogP) is 1.35. The van der Waals surface area contributed by atoms with Gasteiger partial charge in [-0.15, -0.1) is 0 Å². The first-order chi connectivity index (χ1) is 8.99. The summed E-state index contributed by atoms with van der Waals surface area (Å²) >= 11 is 5.93. The highest BCUT2D eigenvalue weighted by Crippen LogP contribution is 2.23. The number of nitriles is 1. The quantitative estimate of drug-likeness (QED) is 0.332. The highest BCUT2D eigenvalue weighted by molar-refractivity contribution is 6.46. The monoisotopic (exact) mass is 279 g/mol. The number of carbonyl (C=O) groups is 1. The summed E-state index contributed by atoms with van der Waals surface area (Å²) in [5.41, 5.74) is 8.00. The first kappa shape index (κ1) is 14.5. The molecule has 0 saturated heterocycles. The van der Waals surface area contributed by atoms with Crippen LogP contribution in [0.4, 0.5) is 5.69 Å². The summed E-state index contributed by atoms with van der Waals surface area (Å²) in [6.07, 6.45) is 0. The van der Waals surface area contributed by atoms with Gasteiger partial charge in [-0.1, -0.05) is 11.6 Å². The fraction of sp³-hybridized carbons (Fsp3) is 0.0909. The molecule has 0 aromatic heterocycles. The van der Waals surface area contributed by atoms with Gasteiger partial charge in [0.1, 0.15) is 6.07 Å². The van der Waals surface area contributed by atoms with Crippen molar-refractivity contribution in [2.24, 2.45) is 10.8 Å². The minimum absolute atomic E-state index is 0.215. The van der Waals surface area contributed by atoms with Crippen molar-refractivity contribution in [3.8, 4) is 6.07 Å². The van der Waals surface area contributed by atoms with Crippen LogP contribution in [0.3, 0.4) is 0 Å². The molecule has 0 bridgehead atoms. The lowest BCUT2D eigenvalue weighted by molar-refractivity contribution is 0.0601. The Morgan fingerprint density at radius 3 is 2.79 bits per heavy atom. The van der Waals surface area contributed by atoms with Gasteiger partial charge in [0.2, 0.25) is 5.71 Å². The Balaban J connectivity index is 2.96. The first-order valence-electron chi connectivity index (χ1n) is 4.95. The van der Waals surface area contributed by atoms with E-state index in [9.17, 15) is 4.79 Å². The van der Waals surface area contributed by atoms with Crippen molar-refractivity contribution in [3.05, 3.63) is 28.8 Å². The van der Waals surface area contributed by atoms with Gasteiger partial charge in [0.25, 0.3) is 0 Å². The summed E-state index contributed by atoms with van der Waals surface area (Å²) in [4.78, 5) is 11.3. The number of rotatable bonds is 4. The summed E-state index contributed by atoms with van der Waals surface area (Å²) in [5, 5.41) is 19.6. The van der Waals surface area contributed by atoms with Gasteiger partial charge in [0.05, 0.1) is 23.4 Å². The molecule has 0 aliphatic rings. The standard InChI is InChI=1S/C11H10ClN5O2/c1-19-11(18)6-2-3-8(7(12)4-6)16-17-9(5-13)10(14)15/h2-4,16H,1H3,(H3,14,15)/b17-9+. The van der Waals surface area contributed by atoms with Gasteiger partial charge in [-0.2, -0.15) is 10.4 Å². The second kappa shape index (κ2) is 6.37. The molecular formula is C11H10ClN5O2. The second-order valence-corrected chi connectivity index (χ2v) is 3.69. The van der Waals surface area contributed by atoms with Crippen molar-refractivity contribution in [3.63, 3.8) is 0 Å². The van der Waals surface area contributed by atoms with Crippen molar-refractivity contribution in [1.82, 2.24) is 0 Å². The van der Waals surface area contributed by atoms with Crippen LogP contribution in [0.1, 0.15) is 10.4 Å². The van der Waals surface area contributed by atoms with Crippen molar-refractivity contribution < 1.29 is 9.53 Å². The van der Waals surface area contributed by atoms with Crippen LogP contribution < -0.4 is 11.2 Å². The third-order valence-electron chi connectivity index (χ3n) is 2.04. The number of amidine groups is 1. The van der Waals surface area contributed by atoms with E-state index in [-0.39, 0.29) is 16.3 Å². The summed E-state index contributed by atoms with van der Waals surface area (Å²) in [6, 6.07) is 6.02. The number of nitrogens with zero attached hydrogens (tertiary/aromatic N) is 2. The molecule has 0 unspecified atom stereocenters. The number of nitrogens with one attached hydrogen (secondary N) is 2. The first-order valence-corrected chi connectivity index (χ1v) is 5.33. The van der Waals surface area contributed by atoms with Gasteiger partial charge in [0, 0.05) is 0 Å². The molecule has 4 N–H and O–H groups in total. The molecule has 0 aliphatic heterocycles. The van der Waals surface area contributed by atoms with E-state index in [0.29, 0.717) is 5.69 Å². The van der Waals surface area contributed by atoms with Crippen molar-refractivity contribution in [1.29, 1.82) is 10.7 Å². The summed E-state index contributed by atoms with van der Waals surface area (Å²) in [6.45, 7) is 0. The van der Waals surface area contributed by atoms with Crippen molar-refractivity contribution >= 4 is 34.8 Å². The topological polar surface area (TPSA) is 124 Å². The summed E-state index contributed by atoms with van der Waals surface area (Å²) in [5.74, 6) is -0.976. The Morgan fingerprint density at radius 1 is 1.63 bits per heavy atom. The normalized spacial score (nSPS) is 10.5. The SMILES string of the molecule is COC(=O)c1ccc(N/N=C(\C#N)C(=N)N)c(Cl)c1. The average Bonchev–Trinajstić information content (AvgIpc) is 2.39. The number of hydrogen-bond acceptors (Lipinski definition) is 6. The zero-order valence-electron chi connectivity index (χ0n) is 9.90. The van der Waals surface area contributed by atoms with Gasteiger partial charge in [-0.3, -0.25) is 10.8 Å². The van der Waals surface area contributed by atoms with Gasteiger partial charge in [-0.05, 0) is 18.2 Å². The maximum Gasteiger partial charge on any atom is 0.337 e. The molecular weight excluding hydrogens is 270 g/mol. The lowest BCUT2D eigenvalue weighted by atomic mass is 10.2. The molecule has 0 heterocycles. The number of ether oxygens (including phenoxy) is 1. The lowest BCUT2D eigenvalue weighted by Crippen LogP contribution is -2.21. The molecule has 0 amide bonds. The number of carbonyl (C=O) groups excluding carboxylic acids is 1. The van der Waals surface area contributed by atoms with Crippen LogP contribution in [0.5, 0.6) is 0 Å². The molecule has 98 valence electrons. The van der Waals surface area contributed by atoms with Crippen molar-refractivity contribution in [2.45, 2.75) is 0 Å². The molecule has 0 atom stereocenters. The molecule has 0 radical (unpaired) electrons. The van der Waals surface area contributed by atoms with Crippen LogP contribution in [-0.2, 0) is 4.74 Å². The van der Waals surface area contributed by atoms with E-state index in [2.05, 4.69) is 15.3 Å². The number of esters is 1. The number of hydrazone groups is 1. The number of halogens is 1. The number of anilines is 1. The van der Waals surface area contributed by atoms with E-state index in [1.807, 2.05) is 0 Å². The van der Waals surface area contributed by atoms with Crippen LogP contribution in [-0.4, -0.2) is 24.6 Å². The minimum atomic E-state index is -0.515. The van der Waals surface area contributed by atoms with Crippen LogP contribution >= 0.6 is 11.6 Å². The van der Waals surface area contributed by atoms with Crippen LogP contribution in [0.15, 0.2) is 23.3 Å². The minimum Gasteiger partial charge on any atom is -0.465 e. The molecule has 8 heteroatoms. The molecule has 0 spiro atoms. The highest BCUT2D eigenvalue weighted by Gasteiger charge is 2.09. The van der Waals surface area contributed by atoms with Crippen LogP contribution in [0.2, 0.25) is 5.02 Å². The Kier molecular flexibility index (Phi) is 4.85. The number of hydrogen-bond donors (Lipinski definition) is 3. The molecule has 0 fully saturated rings. The van der Waals surface area contributed by atoms with E-state index < -0.39 is 11.8 Å². The smallest absolute Gasteiger partial charge is 0.337 e. The Morgan fingerprint density at radius 2 is 2.32 bits per heavy atom. The zero-order valence-corrected chi connectivity index (χ0v) is 10.7. The molecule has 0 aliphatic carbocycles. The fourth-order valence-electron chi connectivity index (χ4n) is 1.11. The van der Waals surface area contributed by atoms with Gasteiger partial charge >= 0.3 is 5.97 Å². The molecule has 1 aromatic rings. The third-order valence-corrected chi connectivity index (χ3v) is 2.35. The largest absolute Gasteiger partial charge is 0.465 e. The van der Waals surface area contributed by atoms with Gasteiger partial charge in [-0.25, -0.2) is 4.79 Å². The number of benzene rings is 1. The zero-order chi connectivity index (χ0) is 14.4. The Labute approximate surface area is 114 Å². The predicted molar refractivity (Wildman–Crippen MR) is 71.4 cm³/mol. The van der Waals surface area contributed by atoms with E-state index in [4.69, 9.17) is 28.0 Å². The van der Waals surface area contributed by atoms with E-state index >= 15 is 0 Å². The van der Waals surface area contributed by atoms with Crippen LogP contribution in [0.25, 0.3) is 0 Å². The molecule has 1 aromatic carbocycles. The van der Waals surface area contributed by atoms with Gasteiger partial charge < -0.3 is 10.5 Å². The molecule has 7 nitrogen and oxygen atoms in total. The van der Waals surface area contributed by atoms with E-state index in [1.54, 1.807) is 6.07 Å². The number of nitrogens with two attached hydrogens (primary N) is 1. The molecule has 1 rings (SSSR count). The molecule has 0 saturated carbocycles. The Bertz CT molecular complexity index is 591. The lowest BCUT2D eigenvalue weighted by Gasteiger charge is -2.05. The molecule has 19 heavy (non-hydrogen) atoms. The van der Waals surface area contributed by atoms with E-state index in [0.717, 1.165) is 0 Å².